The maximum atomic E-state index is 14.7. The van der Waals surface area contributed by atoms with Gasteiger partial charge in [-0.05, 0) is 67.9 Å². The molecule has 4 heterocycles. The molecule has 32 heavy (non-hydrogen) atoms. The molecule has 4 aliphatic carbocycles. The number of hydrogen-bond donors (Lipinski definition) is 0. The smallest absolute Gasteiger partial charge is 0.218 e. The van der Waals surface area contributed by atoms with Crippen LogP contribution in [0.4, 0.5) is 5.69 Å². The molecular formula is C27H29NO4. The van der Waals surface area contributed by atoms with Crippen molar-refractivity contribution in [1.29, 1.82) is 0 Å². The number of fused-ring (bicyclic) bond motifs is 8. The van der Waals surface area contributed by atoms with Crippen LogP contribution in [-0.4, -0.2) is 42.7 Å². The van der Waals surface area contributed by atoms with Crippen LogP contribution in [0, 0.1) is 35.0 Å². The predicted octanol–water partition coefficient (Wildman–Crippen LogP) is 3.61. The lowest BCUT2D eigenvalue weighted by Gasteiger charge is -2.57. The predicted molar refractivity (Wildman–Crippen MR) is 118 cm³/mol. The summed E-state index contributed by atoms with van der Waals surface area (Å²) in [5, 5.41) is 0. The molecule has 4 saturated carbocycles. The first kappa shape index (κ1) is 18.4. The summed E-state index contributed by atoms with van der Waals surface area (Å²) in [5.74, 6) is 2.24. The fourth-order valence-corrected chi connectivity index (χ4v) is 9.30. The summed E-state index contributed by atoms with van der Waals surface area (Å²) in [5.41, 5.74) is 2.04. The Bertz CT molecular complexity index is 1030. The zero-order valence-corrected chi connectivity index (χ0v) is 18.2. The quantitative estimate of drug-likeness (QED) is 0.716. The van der Waals surface area contributed by atoms with Crippen molar-refractivity contribution in [3.05, 3.63) is 35.9 Å². The molecule has 0 amide bonds. The number of para-hydroxylation sites is 1. The van der Waals surface area contributed by atoms with Crippen molar-refractivity contribution >= 4 is 23.3 Å². The number of carbonyl (C=O) groups excluding carboxylic acids is 2. The molecule has 0 aromatic heterocycles. The Labute approximate surface area is 188 Å². The molecule has 166 valence electrons. The number of benzene rings is 1. The first-order chi connectivity index (χ1) is 15.6. The van der Waals surface area contributed by atoms with Crippen LogP contribution in [-0.2, 0) is 19.1 Å². The van der Waals surface area contributed by atoms with Crippen LogP contribution >= 0.6 is 0 Å². The minimum atomic E-state index is -0.748. The van der Waals surface area contributed by atoms with Gasteiger partial charge in [-0.3, -0.25) is 9.59 Å². The van der Waals surface area contributed by atoms with Crippen molar-refractivity contribution in [3.63, 3.8) is 0 Å². The highest BCUT2D eigenvalue weighted by Gasteiger charge is 2.66. The van der Waals surface area contributed by atoms with Crippen LogP contribution in [0.1, 0.15) is 44.1 Å². The van der Waals surface area contributed by atoms with E-state index in [-0.39, 0.29) is 41.2 Å². The largest absolute Gasteiger partial charge is 0.353 e. The molecule has 3 unspecified atom stereocenters. The van der Waals surface area contributed by atoms with E-state index in [1.54, 1.807) is 0 Å². The Hall–Kier alpha value is -1.98. The number of carbonyl (C=O) groups is 2. The number of hydrogen-bond acceptors (Lipinski definition) is 5. The summed E-state index contributed by atoms with van der Waals surface area (Å²) in [7, 11) is 0. The van der Waals surface area contributed by atoms with Crippen LogP contribution < -0.4 is 4.90 Å². The lowest BCUT2D eigenvalue weighted by Crippen LogP contribution is -2.58. The third-order valence-electron chi connectivity index (χ3n) is 9.99. The molecule has 6 bridgehead atoms. The average Bonchev–Trinajstić information content (AvgIpc) is 3.37. The van der Waals surface area contributed by atoms with E-state index >= 15 is 0 Å². The normalized spacial score (nSPS) is 49.2. The van der Waals surface area contributed by atoms with Crippen molar-refractivity contribution in [2.24, 2.45) is 35.0 Å². The number of rotatable bonds is 2. The van der Waals surface area contributed by atoms with E-state index in [4.69, 9.17) is 9.47 Å². The molecule has 1 aromatic rings. The summed E-state index contributed by atoms with van der Waals surface area (Å²) in [6.45, 7) is 0.425. The fourth-order valence-electron chi connectivity index (χ4n) is 9.30. The topological polar surface area (TPSA) is 55.8 Å². The molecule has 6 atom stereocenters. The molecule has 1 aromatic carbocycles. The average molecular weight is 432 g/mol. The molecule has 0 spiro atoms. The highest BCUT2D eigenvalue weighted by molar-refractivity contribution is 5.99. The van der Waals surface area contributed by atoms with Crippen molar-refractivity contribution in [2.45, 2.75) is 63.0 Å². The summed E-state index contributed by atoms with van der Waals surface area (Å²) in [4.78, 5) is 30.5. The molecule has 4 aliphatic heterocycles. The molecule has 8 aliphatic rings. The number of nitrogens with zero attached hydrogens (tertiary/aromatic N) is 1. The Morgan fingerprint density at radius 3 is 2.50 bits per heavy atom. The van der Waals surface area contributed by atoms with Crippen LogP contribution in [0.5, 0.6) is 0 Å². The highest BCUT2D eigenvalue weighted by atomic mass is 16.7. The SMILES string of the molecule is O=C1C2OCC(O2)[C@@H]2C(C(=O)C34CC5CC(CC(C5)C3)C4)N3c4ccccc4C=C[C@@H]3[C@H]12. The Kier molecular flexibility index (Phi) is 3.53. The molecule has 7 fully saturated rings. The van der Waals surface area contributed by atoms with E-state index in [2.05, 4.69) is 35.3 Å². The van der Waals surface area contributed by atoms with Crippen LogP contribution in [0.25, 0.3) is 6.08 Å². The van der Waals surface area contributed by atoms with Gasteiger partial charge < -0.3 is 14.4 Å². The molecule has 5 nitrogen and oxygen atoms in total. The van der Waals surface area contributed by atoms with Gasteiger partial charge in [0.05, 0.1) is 30.7 Å². The number of anilines is 1. The van der Waals surface area contributed by atoms with Crippen LogP contribution in [0.15, 0.2) is 30.3 Å². The molecule has 5 heteroatoms. The van der Waals surface area contributed by atoms with E-state index < -0.39 is 6.29 Å². The zero-order chi connectivity index (χ0) is 21.2. The van der Waals surface area contributed by atoms with E-state index in [1.807, 2.05) is 6.07 Å². The van der Waals surface area contributed by atoms with E-state index in [1.165, 1.54) is 19.3 Å². The minimum Gasteiger partial charge on any atom is -0.353 e. The zero-order valence-electron chi connectivity index (χ0n) is 18.2. The van der Waals surface area contributed by atoms with Gasteiger partial charge in [-0.1, -0.05) is 30.4 Å². The van der Waals surface area contributed by atoms with E-state index in [0.29, 0.717) is 12.4 Å². The maximum Gasteiger partial charge on any atom is 0.218 e. The summed E-state index contributed by atoms with van der Waals surface area (Å²) >= 11 is 0. The number of ketones is 2. The minimum absolute atomic E-state index is 0.0311. The molecule has 0 radical (unpaired) electrons. The number of ether oxygens (including phenoxy) is 2. The summed E-state index contributed by atoms with van der Waals surface area (Å²) < 4.78 is 11.8. The molecule has 3 saturated heterocycles. The van der Waals surface area contributed by atoms with Gasteiger partial charge >= 0.3 is 0 Å². The van der Waals surface area contributed by atoms with Crippen molar-refractivity contribution in [3.8, 4) is 0 Å². The third-order valence-corrected chi connectivity index (χ3v) is 9.99. The highest BCUT2D eigenvalue weighted by Crippen LogP contribution is 2.62. The van der Waals surface area contributed by atoms with E-state index in [0.717, 1.165) is 48.3 Å². The standard InChI is InChI=1S/C27H29NO4/c29-24-21-19-6-5-17-3-1-2-4-18(17)28(19)23(22(21)20-13-31-26(24)32-20)25(30)27-10-14-7-15(11-27)9-16(8-14)12-27/h1-6,14-16,19-23,26H,7-13H2/t14?,15?,16?,19-,20?,21+,22+,23?,26?,27?/m1/s1. The van der Waals surface area contributed by atoms with Crippen molar-refractivity contribution in [1.82, 2.24) is 0 Å². The van der Waals surface area contributed by atoms with Gasteiger partial charge in [0.25, 0.3) is 0 Å². The molecule has 0 N–H and O–H groups in total. The van der Waals surface area contributed by atoms with Gasteiger partial charge in [0.15, 0.2) is 11.6 Å². The van der Waals surface area contributed by atoms with Crippen LogP contribution in [0.3, 0.4) is 0 Å². The van der Waals surface area contributed by atoms with Gasteiger partial charge in [0.2, 0.25) is 6.29 Å². The first-order valence-electron chi connectivity index (χ1n) is 12.5. The third kappa shape index (κ3) is 2.22. The van der Waals surface area contributed by atoms with E-state index in [9.17, 15) is 9.59 Å². The second-order valence-electron chi connectivity index (χ2n) is 11.7. The summed E-state index contributed by atoms with van der Waals surface area (Å²) in [6.07, 6.45) is 10.5. The monoisotopic (exact) mass is 431 g/mol. The fraction of sp³-hybridized carbons (Fsp3) is 0.630. The maximum absolute atomic E-state index is 14.7. The lowest BCUT2D eigenvalue weighted by atomic mass is 9.47. The van der Waals surface area contributed by atoms with Crippen LogP contribution in [0.2, 0.25) is 0 Å². The second-order valence-corrected chi connectivity index (χ2v) is 11.7. The second kappa shape index (κ2) is 6.12. The number of Topliss-reactive ketones (excluding diaryl/α,β-unsaturated/α-hetero) is 2. The van der Waals surface area contributed by atoms with Gasteiger partial charge in [-0.2, -0.15) is 0 Å². The Morgan fingerprint density at radius 1 is 1.03 bits per heavy atom. The lowest BCUT2D eigenvalue weighted by molar-refractivity contribution is -0.166. The van der Waals surface area contributed by atoms with Gasteiger partial charge in [-0.25, -0.2) is 0 Å². The van der Waals surface area contributed by atoms with Gasteiger partial charge in [0, 0.05) is 17.0 Å². The van der Waals surface area contributed by atoms with Gasteiger partial charge in [0.1, 0.15) is 0 Å². The van der Waals surface area contributed by atoms with Gasteiger partial charge in [-0.15, -0.1) is 0 Å². The summed E-state index contributed by atoms with van der Waals surface area (Å²) in [6, 6.07) is 7.96. The Balaban J connectivity index is 1.28. The first-order valence-corrected chi connectivity index (χ1v) is 12.5. The van der Waals surface area contributed by atoms with Crippen molar-refractivity contribution in [2.75, 3.05) is 11.5 Å². The molecular weight excluding hydrogens is 402 g/mol. The van der Waals surface area contributed by atoms with Crippen molar-refractivity contribution < 1.29 is 19.1 Å². The molecule has 9 rings (SSSR count). The Morgan fingerprint density at radius 2 is 1.75 bits per heavy atom.